The van der Waals surface area contributed by atoms with E-state index in [2.05, 4.69) is 4.98 Å². The van der Waals surface area contributed by atoms with Crippen LogP contribution in [0.15, 0.2) is 42.5 Å². The predicted molar refractivity (Wildman–Crippen MR) is 108 cm³/mol. The van der Waals surface area contributed by atoms with Crippen LogP contribution in [-0.2, 0) is 17.5 Å². The van der Waals surface area contributed by atoms with Gasteiger partial charge in [-0.3, -0.25) is 4.79 Å². The number of nitrogens with zero attached hydrogens (tertiary/aromatic N) is 3. The van der Waals surface area contributed by atoms with Gasteiger partial charge in [0.15, 0.2) is 0 Å². The molecule has 1 amide bonds. The molecule has 0 saturated carbocycles. The average molecular weight is 433 g/mol. The van der Waals surface area contributed by atoms with Crippen molar-refractivity contribution in [3.05, 3.63) is 53.9 Å². The number of fused-ring (bicyclic) bond motifs is 1. The summed E-state index contributed by atoms with van der Waals surface area (Å²) in [6.07, 6.45) is -3.24. The Morgan fingerprint density at radius 3 is 2.65 bits per heavy atom. The van der Waals surface area contributed by atoms with Gasteiger partial charge in [-0.05, 0) is 43.2 Å². The van der Waals surface area contributed by atoms with Crippen molar-refractivity contribution >= 4 is 16.9 Å². The van der Waals surface area contributed by atoms with Gasteiger partial charge >= 0.3 is 6.18 Å². The van der Waals surface area contributed by atoms with Crippen LogP contribution in [0.25, 0.3) is 11.0 Å². The Labute approximate surface area is 177 Å². The molecule has 1 aromatic heterocycles. The van der Waals surface area contributed by atoms with Crippen molar-refractivity contribution in [3.8, 4) is 11.5 Å². The summed E-state index contributed by atoms with van der Waals surface area (Å²) in [5.74, 6) is -0.248. The van der Waals surface area contributed by atoms with Gasteiger partial charge in [0.2, 0.25) is 11.7 Å². The maximum Gasteiger partial charge on any atom is 0.449 e. The van der Waals surface area contributed by atoms with Crippen LogP contribution in [0.2, 0.25) is 0 Å². The maximum atomic E-state index is 13.6. The number of imidazole rings is 1. The second-order valence-electron chi connectivity index (χ2n) is 7.36. The van der Waals surface area contributed by atoms with E-state index in [-0.39, 0.29) is 17.1 Å². The molecule has 1 fully saturated rings. The van der Waals surface area contributed by atoms with Crippen molar-refractivity contribution in [3.63, 3.8) is 0 Å². The van der Waals surface area contributed by atoms with Crippen molar-refractivity contribution < 1.29 is 27.4 Å². The van der Waals surface area contributed by atoms with E-state index in [1.807, 2.05) is 6.07 Å². The molecule has 31 heavy (non-hydrogen) atoms. The van der Waals surface area contributed by atoms with Crippen LogP contribution in [0.3, 0.4) is 0 Å². The van der Waals surface area contributed by atoms with Gasteiger partial charge in [-0.15, -0.1) is 0 Å². The Balaban J connectivity index is 1.68. The molecule has 1 atom stereocenters. The molecule has 0 radical (unpaired) electrons. The van der Waals surface area contributed by atoms with E-state index < -0.39 is 24.5 Å². The van der Waals surface area contributed by atoms with Crippen molar-refractivity contribution in [2.45, 2.75) is 31.6 Å². The lowest BCUT2D eigenvalue weighted by atomic mass is 10.0. The largest absolute Gasteiger partial charge is 0.497 e. The van der Waals surface area contributed by atoms with E-state index >= 15 is 0 Å². The molecule has 3 aromatic rings. The van der Waals surface area contributed by atoms with Crippen LogP contribution in [0.5, 0.6) is 11.5 Å². The quantitative estimate of drug-likeness (QED) is 0.597. The lowest BCUT2D eigenvalue weighted by Crippen LogP contribution is -2.34. The van der Waals surface area contributed by atoms with E-state index in [9.17, 15) is 18.0 Å². The number of likely N-dealkylation sites (tertiary alicyclic amines) is 1. The highest BCUT2D eigenvalue weighted by Gasteiger charge is 2.39. The standard InChI is InChI=1S/C22H22F3N3O3/c1-30-14-9-10-19(31-2)15(12-14)17-8-5-11-27(17)20(29)13-28-18-7-4-3-6-16(18)26-21(28)22(23,24)25/h3-4,6-7,9-10,12,17H,5,8,11,13H2,1-2H3/t17-/m0/s1. The third kappa shape index (κ3) is 3.92. The summed E-state index contributed by atoms with van der Waals surface area (Å²) in [6, 6.07) is 11.3. The lowest BCUT2D eigenvalue weighted by Gasteiger charge is -2.27. The zero-order valence-corrected chi connectivity index (χ0v) is 17.1. The summed E-state index contributed by atoms with van der Waals surface area (Å²) in [5, 5.41) is 0. The molecule has 2 heterocycles. The molecule has 2 aromatic carbocycles. The Morgan fingerprint density at radius 1 is 1.16 bits per heavy atom. The van der Waals surface area contributed by atoms with Crippen LogP contribution < -0.4 is 9.47 Å². The minimum atomic E-state index is -4.67. The van der Waals surface area contributed by atoms with Gasteiger partial charge in [0.05, 0.1) is 31.3 Å². The van der Waals surface area contributed by atoms with Crippen LogP contribution in [0.4, 0.5) is 13.2 Å². The Kier molecular flexibility index (Phi) is 5.51. The summed E-state index contributed by atoms with van der Waals surface area (Å²) in [5.41, 5.74) is 1.26. The molecule has 0 aliphatic carbocycles. The summed E-state index contributed by atoms with van der Waals surface area (Å²) in [6.45, 7) is 0.00991. The molecule has 1 aliphatic rings. The molecule has 1 saturated heterocycles. The normalized spacial score (nSPS) is 16.7. The van der Waals surface area contributed by atoms with E-state index in [1.165, 1.54) is 12.1 Å². The third-order valence-corrected chi connectivity index (χ3v) is 5.57. The van der Waals surface area contributed by atoms with Crippen LogP contribution in [0.1, 0.15) is 30.3 Å². The van der Waals surface area contributed by atoms with Gasteiger partial charge < -0.3 is 18.9 Å². The number of alkyl halides is 3. The number of aromatic nitrogens is 2. The number of amides is 1. The molecular weight excluding hydrogens is 411 g/mol. The minimum absolute atomic E-state index is 0.204. The molecule has 1 aliphatic heterocycles. The van der Waals surface area contributed by atoms with Crippen molar-refractivity contribution in [1.82, 2.24) is 14.5 Å². The fourth-order valence-electron chi connectivity index (χ4n) is 4.17. The number of rotatable bonds is 5. The second kappa shape index (κ2) is 8.13. The summed E-state index contributed by atoms with van der Waals surface area (Å²) < 4.78 is 52.5. The van der Waals surface area contributed by atoms with Gasteiger partial charge in [-0.25, -0.2) is 4.98 Å². The number of hydrogen-bond donors (Lipinski definition) is 0. The van der Waals surface area contributed by atoms with Gasteiger partial charge in [0.25, 0.3) is 0 Å². The topological polar surface area (TPSA) is 56.6 Å². The van der Waals surface area contributed by atoms with Crippen LogP contribution in [0, 0.1) is 0 Å². The molecule has 0 unspecified atom stereocenters. The first-order valence-corrected chi connectivity index (χ1v) is 9.87. The fraction of sp³-hybridized carbons (Fsp3) is 0.364. The van der Waals surface area contributed by atoms with E-state index in [1.54, 1.807) is 43.4 Å². The van der Waals surface area contributed by atoms with Crippen molar-refractivity contribution in [2.75, 3.05) is 20.8 Å². The molecule has 0 bridgehead atoms. The predicted octanol–water partition coefficient (Wildman–Crippen LogP) is 4.44. The summed E-state index contributed by atoms with van der Waals surface area (Å²) in [4.78, 5) is 18.6. The van der Waals surface area contributed by atoms with Gasteiger partial charge in [-0.1, -0.05) is 12.1 Å². The molecule has 9 heteroatoms. The zero-order valence-electron chi connectivity index (χ0n) is 17.1. The number of benzene rings is 2. The Bertz CT molecular complexity index is 1110. The Morgan fingerprint density at radius 2 is 1.94 bits per heavy atom. The fourth-order valence-corrected chi connectivity index (χ4v) is 4.17. The third-order valence-electron chi connectivity index (χ3n) is 5.57. The summed E-state index contributed by atoms with van der Waals surface area (Å²) >= 11 is 0. The van der Waals surface area contributed by atoms with E-state index in [0.29, 0.717) is 24.5 Å². The van der Waals surface area contributed by atoms with Gasteiger partial charge in [0, 0.05) is 12.1 Å². The number of hydrogen-bond acceptors (Lipinski definition) is 4. The van der Waals surface area contributed by atoms with Crippen LogP contribution in [-0.4, -0.2) is 41.1 Å². The molecule has 164 valence electrons. The number of para-hydroxylation sites is 2. The first kappa shape index (κ1) is 21.0. The van der Waals surface area contributed by atoms with E-state index in [0.717, 1.165) is 16.6 Å². The second-order valence-corrected chi connectivity index (χ2v) is 7.36. The highest BCUT2D eigenvalue weighted by molar-refractivity contribution is 5.82. The van der Waals surface area contributed by atoms with Crippen molar-refractivity contribution in [2.24, 2.45) is 0 Å². The van der Waals surface area contributed by atoms with E-state index in [4.69, 9.17) is 9.47 Å². The highest BCUT2D eigenvalue weighted by Crippen LogP contribution is 2.39. The number of ether oxygens (including phenoxy) is 2. The number of halogens is 3. The molecule has 4 rings (SSSR count). The maximum absolute atomic E-state index is 13.6. The first-order chi connectivity index (χ1) is 14.8. The van der Waals surface area contributed by atoms with Gasteiger partial charge in [-0.2, -0.15) is 13.2 Å². The zero-order chi connectivity index (χ0) is 22.2. The van der Waals surface area contributed by atoms with Gasteiger partial charge in [0.1, 0.15) is 18.0 Å². The summed E-state index contributed by atoms with van der Waals surface area (Å²) in [7, 11) is 3.09. The molecule has 0 N–H and O–H groups in total. The molecular formula is C22H22F3N3O3. The smallest absolute Gasteiger partial charge is 0.449 e. The Hall–Kier alpha value is -3.23. The van der Waals surface area contributed by atoms with Crippen LogP contribution >= 0.6 is 0 Å². The van der Waals surface area contributed by atoms with Crippen molar-refractivity contribution in [1.29, 1.82) is 0 Å². The minimum Gasteiger partial charge on any atom is -0.497 e. The average Bonchev–Trinajstić information content (AvgIpc) is 3.38. The lowest BCUT2D eigenvalue weighted by molar-refractivity contribution is -0.148. The SMILES string of the molecule is COc1ccc(OC)c([C@@H]2CCCN2C(=O)Cn2c(C(F)(F)F)nc3ccccc32)c1. The first-order valence-electron chi connectivity index (χ1n) is 9.87. The number of carbonyl (C=O) groups is 1. The number of carbonyl (C=O) groups excluding carboxylic acids is 1. The highest BCUT2D eigenvalue weighted by atomic mass is 19.4. The number of methoxy groups -OCH3 is 2. The monoisotopic (exact) mass is 433 g/mol. The molecule has 0 spiro atoms. The molecule has 6 nitrogen and oxygen atoms in total.